The number of hydrogen-bond acceptors (Lipinski definition) is 6. The average Bonchev–Trinajstić information content (AvgIpc) is 3.34. The van der Waals surface area contributed by atoms with Gasteiger partial charge < -0.3 is 15.2 Å². The third-order valence-electron chi connectivity index (χ3n) is 5.47. The Balaban J connectivity index is 0.000000806. The highest BCUT2D eigenvalue weighted by molar-refractivity contribution is 7.09. The van der Waals surface area contributed by atoms with Gasteiger partial charge in [-0.15, -0.1) is 11.3 Å². The summed E-state index contributed by atoms with van der Waals surface area (Å²) in [7, 11) is 0. The Kier molecular flexibility index (Phi) is 7.82. The minimum absolute atomic E-state index is 0.136. The molecular formula is C21H26ClN3O4S. The van der Waals surface area contributed by atoms with E-state index in [1.165, 1.54) is 4.88 Å². The lowest BCUT2D eigenvalue weighted by molar-refractivity contribution is -0.143. The minimum Gasteiger partial charge on any atom is -0.483 e. The molecule has 1 amide bonds. The lowest BCUT2D eigenvalue weighted by Gasteiger charge is -2.49. The first-order chi connectivity index (χ1) is 14.5. The summed E-state index contributed by atoms with van der Waals surface area (Å²) in [5.74, 6) is 0.144. The number of nitrogens with one attached hydrogen (secondary N) is 1. The van der Waals surface area contributed by atoms with Crippen molar-refractivity contribution in [3.63, 3.8) is 0 Å². The molecule has 1 unspecified atom stereocenters. The fourth-order valence-electron chi connectivity index (χ4n) is 3.92. The monoisotopic (exact) mass is 451 g/mol. The lowest BCUT2D eigenvalue weighted by Crippen LogP contribution is -2.64. The van der Waals surface area contributed by atoms with E-state index in [4.69, 9.17) is 26.2 Å². The molecule has 2 aromatic rings. The zero-order valence-corrected chi connectivity index (χ0v) is 18.4. The molecule has 3 heterocycles. The first kappa shape index (κ1) is 22.7. The molecule has 2 aliphatic rings. The highest BCUT2D eigenvalue weighted by Crippen LogP contribution is 2.37. The second-order valence-corrected chi connectivity index (χ2v) is 9.10. The van der Waals surface area contributed by atoms with Crippen LogP contribution in [0.15, 0.2) is 29.8 Å². The average molecular weight is 452 g/mol. The highest BCUT2D eigenvalue weighted by Gasteiger charge is 2.49. The smallest absolute Gasteiger partial charge is 0.290 e. The van der Waals surface area contributed by atoms with Crippen LogP contribution < -0.4 is 5.32 Å². The van der Waals surface area contributed by atoms with Gasteiger partial charge in [-0.1, -0.05) is 23.7 Å². The third kappa shape index (κ3) is 5.57. The van der Waals surface area contributed by atoms with E-state index < -0.39 is 5.41 Å². The second kappa shape index (κ2) is 10.3. The summed E-state index contributed by atoms with van der Waals surface area (Å²) in [6, 6.07) is 7.96. The molecule has 1 atom stereocenters. The van der Waals surface area contributed by atoms with Crippen molar-refractivity contribution in [3.05, 3.63) is 50.9 Å². The van der Waals surface area contributed by atoms with Crippen LogP contribution in [0.4, 0.5) is 0 Å². The predicted octanol–water partition coefficient (Wildman–Crippen LogP) is 2.76. The number of aromatic nitrogens is 1. The molecule has 0 spiro atoms. The van der Waals surface area contributed by atoms with Crippen LogP contribution in [0.3, 0.4) is 0 Å². The number of halogens is 1. The number of amides is 1. The number of ether oxygens (including phenoxy) is 1. The van der Waals surface area contributed by atoms with Crippen molar-refractivity contribution in [2.45, 2.75) is 32.4 Å². The number of carboxylic acid groups (broad SMARTS) is 1. The normalized spacial score (nSPS) is 20.0. The molecule has 162 valence electrons. The summed E-state index contributed by atoms with van der Waals surface area (Å²) < 4.78 is 5.41. The standard InChI is InChI=1S/C20H24ClN3O2S.CH2O2/c1-14-18(27-13-22-14)9-24-11-20(12-24,8-15-2-4-16(21)5-3-15)19(25)23-17-6-7-26-10-17;2-1-3/h2-5,13,17H,6-12H2,1H3,(H,23,25);1H,(H,2,3). The fraction of sp³-hybridized carbons (Fsp3) is 0.476. The predicted molar refractivity (Wildman–Crippen MR) is 116 cm³/mol. The Morgan fingerprint density at radius 3 is 2.70 bits per heavy atom. The molecule has 0 bridgehead atoms. The van der Waals surface area contributed by atoms with Crippen molar-refractivity contribution in [2.75, 3.05) is 26.3 Å². The number of nitrogens with zero attached hydrogens (tertiary/aromatic N) is 2. The molecule has 1 aromatic heterocycles. The molecule has 1 aromatic carbocycles. The zero-order chi connectivity index (χ0) is 21.6. The third-order valence-corrected chi connectivity index (χ3v) is 6.64. The summed E-state index contributed by atoms with van der Waals surface area (Å²) >= 11 is 7.70. The molecule has 0 aliphatic carbocycles. The Morgan fingerprint density at radius 2 is 2.13 bits per heavy atom. The van der Waals surface area contributed by atoms with Crippen LogP contribution in [-0.4, -0.2) is 59.7 Å². The van der Waals surface area contributed by atoms with E-state index in [1.54, 1.807) is 11.3 Å². The van der Waals surface area contributed by atoms with Crippen LogP contribution in [0.5, 0.6) is 0 Å². The second-order valence-electron chi connectivity index (χ2n) is 7.73. The number of carbonyl (C=O) groups excluding carboxylic acids is 1. The number of aryl methyl sites for hydroxylation is 1. The minimum atomic E-state index is -0.394. The Bertz CT molecular complexity index is 846. The Morgan fingerprint density at radius 1 is 1.43 bits per heavy atom. The van der Waals surface area contributed by atoms with E-state index in [9.17, 15) is 4.79 Å². The summed E-state index contributed by atoms with van der Waals surface area (Å²) in [5, 5.41) is 10.8. The van der Waals surface area contributed by atoms with Crippen LogP contribution in [0.1, 0.15) is 22.6 Å². The largest absolute Gasteiger partial charge is 0.483 e. The van der Waals surface area contributed by atoms with Crippen LogP contribution >= 0.6 is 22.9 Å². The van der Waals surface area contributed by atoms with Gasteiger partial charge in [0.05, 0.1) is 29.3 Å². The van der Waals surface area contributed by atoms with Gasteiger partial charge in [-0.25, -0.2) is 4.98 Å². The van der Waals surface area contributed by atoms with Crippen LogP contribution in [0, 0.1) is 12.3 Å². The van der Waals surface area contributed by atoms with Gasteiger partial charge in [0.15, 0.2) is 0 Å². The lowest BCUT2D eigenvalue weighted by atomic mass is 9.73. The van der Waals surface area contributed by atoms with E-state index in [0.29, 0.717) is 6.61 Å². The van der Waals surface area contributed by atoms with Gasteiger partial charge in [0.1, 0.15) is 0 Å². The number of thiazole rings is 1. The fourth-order valence-corrected chi connectivity index (χ4v) is 4.86. The summed E-state index contributed by atoms with van der Waals surface area (Å²) in [6.07, 6.45) is 1.62. The molecule has 2 fully saturated rings. The topological polar surface area (TPSA) is 91.8 Å². The first-order valence-corrected chi connectivity index (χ1v) is 11.0. The number of carbonyl (C=O) groups is 2. The van der Waals surface area contributed by atoms with Crippen molar-refractivity contribution in [2.24, 2.45) is 5.41 Å². The van der Waals surface area contributed by atoms with Crippen LogP contribution in [0.25, 0.3) is 0 Å². The van der Waals surface area contributed by atoms with E-state index in [0.717, 1.165) is 55.4 Å². The summed E-state index contributed by atoms with van der Waals surface area (Å²) in [6.45, 7) is 5.51. The molecule has 7 nitrogen and oxygen atoms in total. The molecule has 4 rings (SSSR count). The zero-order valence-electron chi connectivity index (χ0n) is 16.8. The molecule has 2 aliphatic heterocycles. The number of benzene rings is 1. The highest BCUT2D eigenvalue weighted by atomic mass is 35.5. The van der Waals surface area contributed by atoms with Gasteiger partial charge in [0.25, 0.3) is 6.47 Å². The van der Waals surface area contributed by atoms with Gasteiger partial charge in [-0.2, -0.15) is 0 Å². The maximum atomic E-state index is 13.2. The van der Waals surface area contributed by atoms with E-state index >= 15 is 0 Å². The van der Waals surface area contributed by atoms with Crippen LogP contribution in [-0.2, 0) is 27.3 Å². The van der Waals surface area contributed by atoms with Gasteiger partial charge >= 0.3 is 0 Å². The molecule has 30 heavy (non-hydrogen) atoms. The van der Waals surface area contributed by atoms with Crippen LogP contribution in [0.2, 0.25) is 5.02 Å². The summed E-state index contributed by atoms with van der Waals surface area (Å²) in [4.78, 5) is 29.5. The molecule has 0 saturated carbocycles. The number of likely N-dealkylation sites (tertiary alicyclic amines) is 1. The van der Waals surface area contributed by atoms with Gasteiger partial charge in [-0.05, 0) is 37.5 Å². The van der Waals surface area contributed by atoms with Crippen molar-refractivity contribution in [3.8, 4) is 0 Å². The van der Waals surface area contributed by atoms with Crippen molar-refractivity contribution >= 4 is 35.3 Å². The molecular weight excluding hydrogens is 426 g/mol. The SMILES string of the molecule is Cc1ncsc1CN1CC(Cc2ccc(Cl)cc2)(C(=O)NC2CCOC2)C1.O=CO. The molecule has 2 saturated heterocycles. The first-order valence-electron chi connectivity index (χ1n) is 9.78. The van der Waals surface area contributed by atoms with Gasteiger partial charge in [0, 0.05) is 36.1 Å². The van der Waals surface area contributed by atoms with Crippen molar-refractivity contribution in [1.82, 2.24) is 15.2 Å². The van der Waals surface area contributed by atoms with E-state index in [2.05, 4.69) is 15.2 Å². The van der Waals surface area contributed by atoms with E-state index in [1.807, 2.05) is 36.7 Å². The molecule has 9 heteroatoms. The number of rotatable bonds is 6. The maximum absolute atomic E-state index is 13.2. The Labute approximate surface area is 185 Å². The van der Waals surface area contributed by atoms with Gasteiger partial charge in [0.2, 0.25) is 5.91 Å². The number of hydrogen-bond donors (Lipinski definition) is 2. The maximum Gasteiger partial charge on any atom is 0.290 e. The Hall–Kier alpha value is -2.00. The quantitative estimate of drug-likeness (QED) is 0.656. The van der Waals surface area contributed by atoms with Crippen molar-refractivity contribution in [1.29, 1.82) is 0 Å². The summed E-state index contributed by atoms with van der Waals surface area (Å²) in [5.41, 5.74) is 3.72. The van der Waals surface area contributed by atoms with Crippen molar-refractivity contribution < 1.29 is 19.4 Å². The van der Waals surface area contributed by atoms with E-state index in [-0.39, 0.29) is 18.4 Å². The van der Waals surface area contributed by atoms with Gasteiger partial charge in [-0.3, -0.25) is 14.5 Å². The molecule has 0 radical (unpaired) electrons. The molecule has 2 N–H and O–H groups in total.